The first-order valence-corrected chi connectivity index (χ1v) is 17.3. The number of carbonyl (C=O) groups is 1. The van der Waals surface area contributed by atoms with Crippen LogP contribution in [0.4, 0.5) is 17.6 Å². The molecule has 2 bridgehead atoms. The second kappa shape index (κ2) is 13.9. The van der Waals surface area contributed by atoms with E-state index in [1.807, 2.05) is 72.3 Å². The van der Waals surface area contributed by atoms with Crippen LogP contribution in [0.5, 0.6) is 0 Å². The SMILES string of the molecule is CC1CC2CN(c3nc(NCc4ccccc4-c4nccc5cc(NC(=O)/C=C/CN(C)C)ccc45)n4ncc(C(C)C)c4n3)CC(C1)N2. The van der Waals surface area contributed by atoms with Gasteiger partial charge in [-0.2, -0.15) is 19.6 Å². The van der Waals surface area contributed by atoms with Crippen LogP contribution in [-0.4, -0.2) is 81.2 Å². The van der Waals surface area contributed by atoms with Crippen molar-refractivity contribution in [3.63, 3.8) is 0 Å². The van der Waals surface area contributed by atoms with Gasteiger partial charge in [-0.25, -0.2) is 0 Å². The number of hydrogen-bond acceptors (Lipinski definition) is 9. The lowest BCUT2D eigenvalue weighted by Crippen LogP contribution is -2.60. The summed E-state index contributed by atoms with van der Waals surface area (Å²) in [6, 6.07) is 17.2. The molecule has 5 heterocycles. The van der Waals surface area contributed by atoms with Crippen LogP contribution in [0.15, 0.2) is 73.1 Å². The number of piperidine rings is 1. The van der Waals surface area contributed by atoms with Crippen LogP contribution >= 0.6 is 0 Å². The Morgan fingerprint density at radius 1 is 1.08 bits per heavy atom. The molecule has 0 radical (unpaired) electrons. The minimum Gasteiger partial charge on any atom is -0.350 e. The molecule has 2 aliphatic rings. The predicted octanol–water partition coefficient (Wildman–Crippen LogP) is 5.71. The minimum absolute atomic E-state index is 0.152. The fraction of sp³-hybridized carbons (Fsp3) is 0.395. The number of nitrogens with zero attached hydrogens (tertiary/aromatic N) is 7. The fourth-order valence-electron chi connectivity index (χ4n) is 7.21. The number of fused-ring (bicyclic) bond motifs is 4. The molecule has 254 valence electrons. The van der Waals surface area contributed by atoms with E-state index in [1.165, 1.54) is 12.8 Å². The van der Waals surface area contributed by atoms with Gasteiger partial charge in [-0.1, -0.05) is 57.2 Å². The first-order chi connectivity index (χ1) is 23.7. The number of nitrogens with one attached hydrogen (secondary N) is 3. The number of rotatable bonds is 10. The zero-order valence-electron chi connectivity index (χ0n) is 29.0. The van der Waals surface area contributed by atoms with Crippen molar-refractivity contribution in [1.29, 1.82) is 0 Å². The monoisotopic (exact) mass is 658 g/mol. The van der Waals surface area contributed by atoms with E-state index in [-0.39, 0.29) is 11.8 Å². The fourth-order valence-corrected chi connectivity index (χ4v) is 7.21. The van der Waals surface area contributed by atoms with Gasteiger partial charge in [0.05, 0.1) is 11.9 Å². The van der Waals surface area contributed by atoms with Crippen LogP contribution in [0.3, 0.4) is 0 Å². The summed E-state index contributed by atoms with van der Waals surface area (Å²) in [5.41, 5.74) is 5.69. The van der Waals surface area contributed by atoms with E-state index in [4.69, 9.17) is 20.1 Å². The third-order valence-electron chi connectivity index (χ3n) is 9.50. The Balaban J connectivity index is 1.16. The quantitative estimate of drug-likeness (QED) is 0.162. The maximum atomic E-state index is 12.5. The van der Waals surface area contributed by atoms with E-state index in [0.717, 1.165) is 69.4 Å². The normalized spacial score (nSPS) is 19.4. The molecule has 5 aromatic rings. The van der Waals surface area contributed by atoms with Crippen molar-refractivity contribution in [3.05, 3.63) is 84.2 Å². The molecule has 0 spiro atoms. The van der Waals surface area contributed by atoms with Crippen LogP contribution < -0.4 is 20.9 Å². The number of benzene rings is 2. The van der Waals surface area contributed by atoms with Gasteiger partial charge in [0.25, 0.3) is 0 Å². The molecule has 3 aromatic heterocycles. The van der Waals surface area contributed by atoms with Crippen molar-refractivity contribution in [2.24, 2.45) is 5.92 Å². The summed E-state index contributed by atoms with van der Waals surface area (Å²) in [6.45, 7) is 9.74. The number of piperazine rings is 1. The maximum Gasteiger partial charge on any atom is 0.248 e. The van der Waals surface area contributed by atoms with E-state index >= 15 is 0 Å². The third-order valence-corrected chi connectivity index (χ3v) is 9.50. The highest BCUT2D eigenvalue weighted by Crippen LogP contribution is 2.32. The molecule has 3 N–H and O–H groups in total. The highest BCUT2D eigenvalue weighted by molar-refractivity contribution is 6.02. The van der Waals surface area contributed by atoms with Crippen molar-refractivity contribution < 1.29 is 4.79 Å². The van der Waals surface area contributed by atoms with Gasteiger partial charge in [0.2, 0.25) is 17.8 Å². The summed E-state index contributed by atoms with van der Waals surface area (Å²) in [7, 11) is 3.94. The Morgan fingerprint density at radius 3 is 2.65 bits per heavy atom. The number of likely N-dealkylation sites (N-methyl/N-ethyl adjacent to an activating group) is 1. The van der Waals surface area contributed by atoms with Crippen molar-refractivity contribution in [3.8, 4) is 11.3 Å². The molecular formula is C38H46N10O. The molecule has 2 atom stereocenters. The highest BCUT2D eigenvalue weighted by atomic mass is 16.1. The number of aromatic nitrogens is 5. The predicted molar refractivity (Wildman–Crippen MR) is 197 cm³/mol. The van der Waals surface area contributed by atoms with Gasteiger partial charge in [-0.05, 0) is 67.9 Å². The van der Waals surface area contributed by atoms with E-state index in [0.29, 0.717) is 31.1 Å². The van der Waals surface area contributed by atoms with Crippen LogP contribution in [0, 0.1) is 5.92 Å². The van der Waals surface area contributed by atoms with Gasteiger partial charge in [0, 0.05) is 72.7 Å². The average Bonchev–Trinajstić information content (AvgIpc) is 3.51. The second-order valence-electron chi connectivity index (χ2n) is 14.1. The van der Waals surface area contributed by atoms with Gasteiger partial charge >= 0.3 is 0 Å². The Bertz CT molecular complexity index is 1980. The summed E-state index contributed by atoms with van der Waals surface area (Å²) in [6.07, 6.45) is 9.51. The standard InChI is InChI=1S/C38H46N10O/c1-24(2)33-21-41-48-36(33)44-38(47-22-29-17-25(3)18-30(23-47)42-29)45-37(48)40-20-27-9-6-7-10-31(27)35-32-13-12-28(19-26(32)14-15-39-35)43-34(49)11-8-16-46(4)5/h6-15,19,21,24-25,29-30,42H,16-18,20,22-23H2,1-5H3,(H,43,49)(H,40,44,45)/b11-8+. The van der Waals surface area contributed by atoms with E-state index in [1.54, 1.807) is 6.08 Å². The Morgan fingerprint density at radius 2 is 1.88 bits per heavy atom. The maximum absolute atomic E-state index is 12.5. The van der Waals surface area contributed by atoms with Crippen molar-refractivity contribution in [2.45, 2.75) is 58.2 Å². The van der Waals surface area contributed by atoms with Crippen LogP contribution in [-0.2, 0) is 11.3 Å². The molecule has 49 heavy (non-hydrogen) atoms. The van der Waals surface area contributed by atoms with Crippen molar-refractivity contribution >= 4 is 39.9 Å². The molecule has 2 saturated heterocycles. The lowest BCUT2D eigenvalue weighted by molar-refractivity contribution is -0.111. The molecule has 2 fully saturated rings. The average molecular weight is 659 g/mol. The summed E-state index contributed by atoms with van der Waals surface area (Å²) in [4.78, 5) is 31.9. The Kier molecular flexibility index (Phi) is 9.29. The Labute approximate surface area is 287 Å². The molecule has 2 aromatic carbocycles. The van der Waals surface area contributed by atoms with Crippen LogP contribution in [0.1, 0.15) is 50.7 Å². The first kappa shape index (κ1) is 32.7. The lowest BCUT2D eigenvalue weighted by atomic mass is 9.86. The summed E-state index contributed by atoms with van der Waals surface area (Å²) < 4.78 is 1.84. The minimum atomic E-state index is -0.152. The molecule has 2 aliphatic heterocycles. The molecule has 0 aliphatic carbocycles. The summed E-state index contributed by atoms with van der Waals surface area (Å²) in [5, 5.41) is 17.1. The largest absolute Gasteiger partial charge is 0.350 e. The first-order valence-electron chi connectivity index (χ1n) is 17.3. The zero-order valence-corrected chi connectivity index (χ0v) is 29.0. The number of hydrogen-bond donors (Lipinski definition) is 3. The van der Waals surface area contributed by atoms with Crippen LogP contribution in [0.25, 0.3) is 27.7 Å². The van der Waals surface area contributed by atoms with E-state index < -0.39 is 0 Å². The molecule has 11 heteroatoms. The van der Waals surface area contributed by atoms with Gasteiger partial charge in [0.15, 0.2) is 5.65 Å². The molecule has 7 rings (SSSR count). The summed E-state index contributed by atoms with van der Waals surface area (Å²) in [5.74, 6) is 2.29. The summed E-state index contributed by atoms with van der Waals surface area (Å²) >= 11 is 0. The zero-order chi connectivity index (χ0) is 34.1. The number of pyridine rings is 1. The van der Waals surface area contributed by atoms with Gasteiger partial charge in [-0.15, -0.1) is 0 Å². The topological polar surface area (TPSA) is 116 Å². The van der Waals surface area contributed by atoms with Gasteiger partial charge in [-0.3, -0.25) is 9.78 Å². The lowest BCUT2D eigenvalue weighted by Gasteiger charge is -2.44. The van der Waals surface area contributed by atoms with Crippen LogP contribution in [0.2, 0.25) is 0 Å². The molecule has 11 nitrogen and oxygen atoms in total. The highest BCUT2D eigenvalue weighted by Gasteiger charge is 2.34. The molecule has 0 saturated carbocycles. The van der Waals surface area contributed by atoms with Gasteiger partial charge < -0.3 is 25.8 Å². The van der Waals surface area contributed by atoms with Crippen molar-refractivity contribution in [2.75, 3.05) is 49.3 Å². The van der Waals surface area contributed by atoms with Crippen molar-refractivity contribution in [1.82, 2.24) is 34.8 Å². The van der Waals surface area contributed by atoms with E-state index in [9.17, 15) is 4.79 Å². The smallest absolute Gasteiger partial charge is 0.248 e. The number of amides is 1. The van der Waals surface area contributed by atoms with Gasteiger partial charge in [0.1, 0.15) is 0 Å². The Hall–Kier alpha value is -4.87. The number of anilines is 3. The third kappa shape index (κ3) is 7.13. The second-order valence-corrected chi connectivity index (χ2v) is 14.1. The molecular weight excluding hydrogens is 612 g/mol. The van der Waals surface area contributed by atoms with E-state index in [2.05, 4.69) is 59.8 Å². The number of carbonyl (C=O) groups excluding carboxylic acids is 1. The molecule has 2 unspecified atom stereocenters. The molecule has 1 amide bonds.